The Morgan fingerprint density at radius 3 is 1.87 bits per heavy atom. The summed E-state index contributed by atoms with van der Waals surface area (Å²) < 4.78 is 21.9. The van der Waals surface area contributed by atoms with Gasteiger partial charge < -0.3 is 34.1 Å². The number of aliphatic carboxylic acids is 2. The van der Waals surface area contributed by atoms with E-state index in [1.807, 2.05) is 12.1 Å². The zero-order valence-electron chi connectivity index (χ0n) is 22.5. The molecule has 0 spiro atoms. The van der Waals surface area contributed by atoms with Crippen LogP contribution in [0.2, 0.25) is 0 Å². The second-order valence-electron chi connectivity index (χ2n) is 8.48. The van der Waals surface area contributed by atoms with Crippen LogP contribution in [0.1, 0.15) is 24.0 Å². The Balaban J connectivity index is 0.000000757. The Hall–Kier alpha value is -2.76. The molecule has 210 valence electrons. The molecule has 0 amide bonds. The molecule has 1 fully saturated rings. The molecule has 0 unspecified atom stereocenters. The third-order valence-corrected chi connectivity index (χ3v) is 9.63. The van der Waals surface area contributed by atoms with Gasteiger partial charge in [0.05, 0.1) is 32.5 Å². The lowest BCUT2D eigenvalue weighted by Gasteiger charge is -2.29. The van der Waals surface area contributed by atoms with Crippen molar-refractivity contribution in [2.24, 2.45) is 0 Å². The average Bonchev–Trinajstić information content (AvgIpc) is 3.41. The third-order valence-electron chi connectivity index (χ3n) is 6.04. The molecule has 2 aromatic carbocycles. The van der Waals surface area contributed by atoms with Crippen LogP contribution >= 0.6 is 23.5 Å². The summed E-state index contributed by atoms with van der Waals surface area (Å²) in [7, 11) is 8.95. The summed E-state index contributed by atoms with van der Waals surface area (Å²) in [6, 6.07) is 12.6. The Labute approximate surface area is 232 Å². The van der Waals surface area contributed by atoms with Crippen molar-refractivity contribution in [2.45, 2.75) is 23.3 Å². The molecular weight excluding hydrogens is 530 g/mol. The maximum atomic E-state index is 9.10. The fraction of sp³-hybridized carbons (Fsp3) is 0.481. The van der Waals surface area contributed by atoms with Crippen LogP contribution in [0.25, 0.3) is 0 Å². The van der Waals surface area contributed by atoms with Gasteiger partial charge in [0, 0.05) is 18.1 Å². The molecule has 1 saturated heterocycles. The minimum absolute atomic E-state index is 0.101. The molecule has 11 heteroatoms. The molecular formula is C27H37NO8S2. The molecule has 2 aromatic rings. The zero-order chi connectivity index (χ0) is 28.1. The number of hydrogen-bond acceptors (Lipinski definition) is 9. The van der Waals surface area contributed by atoms with Crippen LogP contribution in [-0.2, 0) is 20.1 Å². The average molecular weight is 568 g/mol. The van der Waals surface area contributed by atoms with Crippen LogP contribution in [0.3, 0.4) is 0 Å². The van der Waals surface area contributed by atoms with Crippen molar-refractivity contribution >= 4 is 35.5 Å². The Morgan fingerprint density at radius 2 is 1.34 bits per heavy atom. The molecule has 0 aromatic heterocycles. The minimum Gasteiger partial charge on any atom is -0.493 e. The summed E-state index contributed by atoms with van der Waals surface area (Å²) in [6.07, 6.45) is 3.27. The SMILES string of the molecule is COc1ccc(CCN(C)CCCC2(c3ccc(OC)c(OC)c3)SCCS2)cc1OC.O=C(O)C(=O)O. The highest BCUT2D eigenvalue weighted by molar-refractivity contribution is 8.20. The number of nitrogens with zero attached hydrogens (tertiary/aromatic N) is 1. The summed E-state index contributed by atoms with van der Waals surface area (Å²) in [6.45, 7) is 2.09. The number of ether oxygens (including phenoxy) is 4. The van der Waals surface area contributed by atoms with Gasteiger partial charge in [0.25, 0.3) is 0 Å². The third kappa shape index (κ3) is 8.92. The monoisotopic (exact) mass is 567 g/mol. The van der Waals surface area contributed by atoms with Crippen molar-refractivity contribution in [3.63, 3.8) is 0 Å². The number of carboxylic acids is 2. The van der Waals surface area contributed by atoms with E-state index < -0.39 is 11.9 Å². The summed E-state index contributed by atoms with van der Waals surface area (Å²) >= 11 is 4.13. The lowest BCUT2D eigenvalue weighted by Crippen LogP contribution is -2.24. The van der Waals surface area contributed by atoms with Crippen LogP contribution in [0.5, 0.6) is 23.0 Å². The van der Waals surface area contributed by atoms with Gasteiger partial charge in [-0.1, -0.05) is 12.1 Å². The van der Waals surface area contributed by atoms with E-state index in [1.165, 1.54) is 22.6 Å². The molecule has 0 aliphatic carbocycles. The van der Waals surface area contributed by atoms with Gasteiger partial charge in [-0.2, -0.15) is 0 Å². The van der Waals surface area contributed by atoms with Gasteiger partial charge in [0.15, 0.2) is 23.0 Å². The topological polar surface area (TPSA) is 115 Å². The maximum absolute atomic E-state index is 9.10. The zero-order valence-corrected chi connectivity index (χ0v) is 24.2. The fourth-order valence-electron chi connectivity index (χ4n) is 4.03. The van der Waals surface area contributed by atoms with E-state index >= 15 is 0 Å². The van der Waals surface area contributed by atoms with Crippen LogP contribution in [0.15, 0.2) is 36.4 Å². The van der Waals surface area contributed by atoms with Gasteiger partial charge in [-0.25, -0.2) is 9.59 Å². The first-order chi connectivity index (χ1) is 18.2. The van der Waals surface area contributed by atoms with Crippen LogP contribution in [0.4, 0.5) is 0 Å². The van der Waals surface area contributed by atoms with Gasteiger partial charge in [-0.05, 0) is 68.2 Å². The number of thioether (sulfide) groups is 2. The highest BCUT2D eigenvalue weighted by Gasteiger charge is 2.37. The number of likely N-dealkylation sites (N-methyl/N-ethyl adjacent to an activating group) is 1. The second kappa shape index (κ2) is 15.6. The molecule has 0 atom stereocenters. The van der Waals surface area contributed by atoms with E-state index in [0.717, 1.165) is 55.4 Å². The van der Waals surface area contributed by atoms with Gasteiger partial charge in [0.1, 0.15) is 0 Å². The standard InChI is InChI=1S/C25H35NO4S2.C2H2O4/c1-26(14-11-19-7-9-21(27-2)23(17-19)29-4)13-6-12-25(31-15-16-32-25)20-8-10-22(28-3)24(18-20)30-5;3-1(4)2(5)6/h7-10,17-18H,6,11-16H2,1-5H3;(H,3,4)(H,5,6). The first-order valence-electron chi connectivity index (χ1n) is 12.1. The van der Waals surface area contributed by atoms with Gasteiger partial charge in [-0.3, -0.25) is 0 Å². The first-order valence-corrected chi connectivity index (χ1v) is 14.0. The number of hydrogen-bond donors (Lipinski definition) is 2. The summed E-state index contributed by atoms with van der Waals surface area (Å²) in [4.78, 5) is 20.6. The highest BCUT2D eigenvalue weighted by Crippen LogP contribution is 2.55. The molecule has 1 heterocycles. The molecule has 0 bridgehead atoms. The molecule has 1 aliphatic heterocycles. The number of carbonyl (C=O) groups is 2. The molecule has 2 N–H and O–H groups in total. The van der Waals surface area contributed by atoms with Gasteiger partial charge in [-0.15, -0.1) is 23.5 Å². The Morgan fingerprint density at radius 1 is 0.816 bits per heavy atom. The number of methoxy groups -OCH3 is 4. The van der Waals surface area contributed by atoms with E-state index in [1.54, 1.807) is 28.4 Å². The van der Waals surface area contributed by atoms with Crippen LogP contribution < -0.4 is 18.9 Å². The van der Waals surface area contributed by atoms with Gasteiger partial charge >= 0.3 is 11.9 Å². The highest BCUT2D eigenvalue weighted by atomic mass is 32.2. The van der Waals surface area contributed by atoms with Gasteiger partial charge in [0.2, 0.25) is 0 Å². The Kier molecular flexibility index (Phi) is 12.9. The lowest BCUT2D eigenvalue weighted by molar-refractivity contribution is -0.159. The molecule has 9 nitrogen and oxygen atoms in total. The maximum Gasteiger partial charge on any atom is 0.414 e. The quantitative estimate of drug-likeness (QED) is 0.354. The van der Waals surface area contributed by atoms with Crippen molar-refractivity contribution in [1.29, 1.82) is 0 Å². The minimum atomic E-state index is -1.82. The molecule has 3 rings (SSSR count). The largest absolute Gasteiger partial charge is 0.493 e. The summed E-state index contributed by atoms with van der Waals surface area (Å²) in [5, 5.41) is 14.8. The van der Waals surface area contributed by atoms with E-state index in [-0.39, 0.29) is 4.08 Å². The summed E-state index contributed by atoms with van der Waals surface area (Å²) in [5.41, 5.74) is 2.59. The number of carboxylic acid groups (broad SMARTS) is 2. The van der Waals surface area contributed by atoms with Crippen molar-refractivity contribution in [1.82, 2.24) is 4.90 Å². The van der Waals surface area contributed by atoms with E-state index in [9.17, 15) is 0 Å². The van der Waals surface area contributed by atoms with E-state index in [0.29, 0.717) is 0 Å². The molecule has 1 aliphatic rings. The van der Waals surface area contributed by atoms with Crippen molar-refractivity contribution < 1.29 is 38.7 Å². The van der Waals surface area contributed by atoms with E-state index in [2.05, 4.69) is 59.7 Å². The fourth-order valence-corrected chi connectivity index (χ4v) is 7.36. The normalized spacial score (nSPS) is 13.8. The number of rotatable bonds is 12. The Bertz CT molecular complexity index is 1050. The number of benzene rings is 2. The van der Waals surface area contributed by atoms with Crippen molar-refractivity contribution in [3.05, 3.63) is 47.5 Å². The van der Waals surface area contributed by atoms with Crippen LogP contribution in [0, 0.1) is 0 Å². The predicted molar refractivity (Wildman–Crippen MR) is 151 cm³/mol. The van der Waals surface area contributed by atoms with E-state index in [4.69, 9.17) is 38.7 Å². The summed E-state index contributed by atoms with van der Waals surface area (Å²) in [5.74, 6) is 1.89. The molecule has 38 heavy (non-hydrogen) atoms. The lowest BCUT2D eigenvalue weighted by atomic mass is 10.1. The molecule has 0 radical (unpaired) electrons. The molecule has 0 saturated carbocycles. The smallest absolute Gasteiger partial charge is 0.414 e. The van der Waals surface area contributed by atoms with Crippen molar-refractivity contribution in [2.75, 3.05) is 60.1 Å². The second-order valence-corrected chi connectivity index (χ2v) is 11.5. The van der Waals surface area contributed by atoms with Crippen molar-refractivity contribution in [3.8, 4) is 23.0 Å². The predicted octanol–water partition coefficient (Wildman–Crippen LogP) is 4.46. The first kappa shape index (κ1) is 31.5. The van der Waals surface area contributed by atoms with Crippen LogP contribution in [-0.4, -0.2) is 87.1 Å².